The van der Waals surface area contributed by atoms with E-state index in [2.05, 4.69) is 20.5 Å². The van der Waals surface area contributed by atoms with Crippen LogP contribution in [-0.2, 0) is 6.18 Å². The average molecular weight is 343 g/mol. The highest BCUT2D eigenvalue weighted by atomic mass is 32.1. The summed E-state index contributed by atoms with van der Waals surface area (Å²) in [6.07, 6.45) is -3.52. The first-order valence-corrected chi connectivity index (χ1v) is 8.06. The molecule has 0 saturated carbocycles. The molecule has 1 aliphatic rings. The van der Waals surface area contributed by atoms with E-state index < -0.39 is 11.2 Å². The number of nitrogens with one attached hydrogen (secondary N) is 1. The number of hydrogen-bond acceptors (Lipinski definition) is 6. The predicted molar refractivity (Wildman–Crippen MR) is 82.7 cm³/mol. The van der Waals surface area contributed by atoms with Crippen LogP contribution in [0.4, 0.5) is 24.1 Å². The van der Waals surface area contributed by atoms with Crippen molar-refractivity contribution in [2.24, 2.45) is 5.92 Å². The van der Waals surface area contributed by atoms with E-state index in [1.54, 1.807) is 0 Å². The summed E-state index contributed by atoms with van der Waals surface area (Å²) >= 11 is 0.601. The van der Waals surface area contributed by atoms with Crippen molar-refractivity contribution >= 4 is 22.3 Å². The highest BCUT2D eigenvalue weighted by molar-refractivity contribution is 7.15. The summed E-state index contributed by atoms with van der Waals surface area (Å²) in [5.74, 6) is 1.16. The summed E-state index contributed by atoms with van der Waals surface area (Å²) in [6.45, 7) is 4.03. The van der Waals surface area contributed by atoms with Crippen LogP contribution in [0, 0.1) is 12.8 Å². The molecule has 3 rings (SSSR count). The molecule has 1 N–H and O–H groups in total. The molecule has 1 aliphatic heterocycles. The number of rotatable bonds is 4. The van der Waals surface area contributed by atoms with Crippen LogP contribution < -0.4 is 10.2 Å². The van der Waals surface area contributed by atoms with Crippen LogP contribution >= 0.6 is 11.3 Å². The second-order valence-corrected chi connectivity index (χ2v) is 6.49. The number of aryl methyl sites for hydroxylation is 1. The number of nitrogens with zero attached hydrogens (tertiary/aromatic N) is 4. The first kappa shape index (κ1) is 16.0. The Labute approximate surface area is 135 Å². The van der Waals surface area contributed by atoms with Gasteiger partial charge in [-0.1, -0.05) is 17.4 Å². The molecule has 1 saturated heterocycles. The third-order valence-electron chi connectivity index (χ3n) is 3.67. The van der Waals surface area contributed by atoms with Gasteiger partial charge in [0.1, 0.15) is 5.82 Å². The van der Waals surface area contributed by atoms with Crippen LogP contribution in [-0.4, -0.2) is 34.8 Å². The van der Waals surface area contributed by atoms with E-state index in [1.807, 2.05) is 30.0 Å². The minimum Gasteiger partial charge on any atom is -0.370 e. The van der Waals surface area contributed by atoms with E-state index in [1.165, 1.54) is 0 Å². The molecule has 5 nitrogen and oxygen atoms in total. The van der Waals surface area contributed by atoms with Crippen molar-refractivity contribution in [3.05, 3.63) is 28.9 Å². The van der Waals surface area contributed by atoms with E-state index >= 15 is 0 Å². The maximum absolute atomic E-state index is 12.6. The zero-order chi connectivity index (χ0) is 16.4. The van der Waals surface area contributed by atoms with Crippen molar-refractivity contribution < 1.29 is 13.2 Å². The van der Waals surface area contributed by atoms with Crippen molar-refractivity contribution in [2.75, 3.05) is 29.9 Å². The van der Waals surface area contributed by atoms with Crippen molar-refractivity contribution in [2.45, 2.75) is 19.5 Å². The van der Waals surface area contributed by atoms with Gasteiger partial charge in [0.2, 0.25) is 10.1 Å². The lowest BCUT2D eigenvalue weighted by Crippen LogP contribution is -2.22. The number of anilines is 2. The van der Waals surface area contributed by atoms with Crippen molar-refractivity contribution in [1.29, 1.82) is 0 Å². The summed E-state index contributed by atoms with van der Waals surface area (Å²) in [5, 5.41) is 9.64. The van der Waals surface area contributed by atoms with Gasteiger partial charge in [-0.3, -0.25) is 0 Å². The fourth-order valence-corrected chi connectivity index (χ4v) is 3.27. The molecule has 0 radical (unpaired) electrons. The molecule has 1 unspecified atom stereocenters. The predicted octanol–water partition coefficient (Wildman–Crippen LogP) is 3.20. The van der Waals surface area contributed by atoms with Crippen LogP contribution in [0.5, 0.6) is 0 Å². The summed E-state index contributed by atoms with van der Waals surface area (Å²) in [5.41, 5.74) is 0.941. The fraction of sp³-hybridized carbons (Fsp3) is 0.500. The number of alkyl halides is 3. The van der Waals surface area contributed by atoms with Gasteiger partial charge in [-0.05, 0) is 31.4 Å². The Balaban J connectivity index is 1.55. The number of pyridine rings is 1. The highest BCUT2D eigenvalue weighted by Crippen LogP contribution is 2.35. The minimum absolute atomic E-state index is 0.341. The first-order valence-electron chi connectivity index (χ1n) is 7.25. The van der Waals surface area contributed by atoms with Crippen molar-refractivity contribution in [3.63, 3.8) is 0 Å². The lowest BCUT2D eigenvalue weighted by Gasteiger charge is -2.15. The van der Waals surface area contributed by atoms with E-state index in [0.29, 0.717) is 35.5 Å². The van der Waals surface area contributed by atoms with Crippen LogP contribution in [0.15, 0.2) is 18.2 Å². The molecule has 0 aliphatic carbocycles. The number of aromatic nitrogens is 3. The summed E-state index contributed by atoms with van der Waals surface area (Å²) < 4.78 is 37.7. The quantitative estimate of drug-likeness (QED) is 0.924. The molecular formula is C14H16F3N5S. The third-order valence-corrected chi connectivity index (χ3v) is 4.70. The summed E-state index contributed by atoms with van der Waals surface area (Å²) in [4.78, 5) is 6.24. The minimum atomic E-state index is -4.42. The molecular weight excluding hydrogens is 327 g/mol. The Hall–Kier alpha value is -1.90. The van der Waals surface area contributed by atoms with E-state index in [9.17, 15) is 13.2 Å². The molecule has 1 fully saturated rings. The van der Waals surface area contributed by atoms with Gasteiger partial charge >= 0.3 is 6.18 Å². The van der Waals surface area contributed by atoms with Crippen LogP contribution in [0.2, 0.25) is 0 Å². The smallest absolute Gasteiger partial charge is 0.370 e. The van der Waals surface area contributed by atoms with Gasteiger partial charge in [0.25, 0.3) is 0 Å². The van der Waals surface area contributed by atoms with Gasteiger partial charge < -0.3 is 10.2 Å². The Bertz CT molecular complexity index is 672. The van der Waals surface area contributed by atoms with Gasteiger partial charge in [0, 0.05) is 25.3 Å². The molecule has 124 valence electrons. The van der Waals surface area contributed by atoms with Gasteiger partial charge in [-0.15, -0.1) is 10.2 Å². The number of hydrogen-bond donors (Lipinski definition) is 1. The molecule has 0 aromatic carbocycles. The van der Waals surface area contributed by atoms with Crippen molar-refractivity contribution in [1.82, 2.24) is 15.2 Å². The van der Waals surface area contributed by atoms with E-state index in [-0.39, 0.29) is 0 Å². The molecule has 0 spiro atoms. The Morgan fingerprint density at radius 3 is 2.87 bits per heavy atom. The van der Waals surface area contributed by atoms with Crippen LogP contribution in [0.1, 0.15) is 17.1 Å². The Morgan fingerprint density at radius 2 is 2.17 bits per heavy atom. The maximum atomic E-state index is 12.6. The van der Waals surface area contributed by atoms with Gasteiger partial charge in [0.15, 0.2) is 0 Å². The second kappa shape index (κ2) is 6.31. The Morgan fingerprint density at radius 1 is 1.35 bits per heavy atom. The highest BCUT2D eigenvalue weighted by Gasteiger charge is 2.37. The van der Waals surface area contributed by atoms with Crippen molar-refractivity contribution in [3.8, 4) is 0 Å². The largest absolute Gasteiger partial charge is 0.445 e. The van der Waals surface area contributed by atoms with Gasteiger partial charge in [-0.25, -0.2) is 4.98 Å². The Kier molecular flexibility index (Phi) is 4.38. The standard InChI is InChI=1S/C14H16F3N5S/c1-9-3-2-4-11(19-9)18-7-10-5-6-22(8-10)13-21-20-12(23-13)14(15,16)17/h2-4,10H,5-8H2,1H3,(H,18,19). The second-order valence-electron chi connectivity index (χ2n) is 5.53. The molecule has 2 aromatic heterocycles. The lowest BCUT2D eigenvalue weighted by atomic mass is 10.1. The van der Waals surface area contributed by atoms with Gasteiger partial charge in [-0.2, -0.15) is 13.2 Å². The third kappa shape index (κ3) is 3.90. The topological polar surface area (TPSA) is 53.9 Å². The van der Waals surface area contributed by atoms with E-state index in [4.69, 9.17) is 0 Å². The molecule has 9 heteroatoms. The molecule has 2 aromatic rings. The molecule has 0 amide bonds. The summed E-state index contributed by atoms with van der Waals surface area (Å²) in [6, 6.07) is 5.77. The molecule has 0 bridgehead atoms. The molecule has 1 atom stereocenters. The molecule has 3 heterocycles. The SMILES string of the molecule is Cc1cccc(NCC2CCN(c3nnc(C(F)(F)F)s3)C2)n1. The molecule has 23 heavy (non-hydrogen) atoms. The lowest BCUT2D eigenvalue weighted by molar-refractivity contribution is -0.138. The maximum Gasteiger partial charge on any atom is 0.445 e. The monoisotopic (exact) mass is 343 g/mol. The van der Waals surface area contributed by atoms with E-state index in [0.717, 1.165) is 24.5 Å². The summed E-state index contributed by atoms with van der Waals surface area (Å²) in [7, 11) is 0. The first-order chi connectivity index (χ1) is 10.9. The zero-order valence-electron chi connectivity index (χ0n) is 12.5. The normalized spacial score (nSPS) is 18.4. The van der Waals surface area contributed by atoms with Crippen LogP contribution in [0.3, 0.4) is 0 Å². The van der Waals surface area contributed by atoms with Crippen LogP contribution in [0.25, 0.3) is 0 Å². The zero-order valence-corrected chi connectivity index (χ0v) is 13.3. The average Bonchev–Trinajstić information content (AvgIpc) is 3.13. The fourth-order valence-electron chi connectivity index (χ4n) is 2.52. The van der Waals surface area contributed by atoms with Gasteiger partial charge in [0.05, 0.1) is 0 Å². The number of halogens is 3.